The Morgan fingerprint density at radius 1 is 0.875 bits per heavy atom. The minimum absolute atomic E-state index is 0.0837. The van der Waals surface area contributed by atoms with E-state index < -0.39 is 0 Å². The third kappa shape index (κ3) is 6.53. The fourth-order valence-corrected chi connectivity index (χ4v) is 3.96. The molecule has 0 radical (unpaired) electrons. The highest BCUT2D eigenvalue weighted by molar-refractivity contribution is 5.94. The van der Waals surface area contributed by atoms with E-state index in [2.05, 4.69) is 27.2 Å². The number of carbonyl (C=O) groups excluding carboxylic acids is 1. The Bertz CT molecular complexity index is 866. The Morgan fingerprint density at radius 3 is 2.38 bits per heavy atom. The molecule has 2 aromatic rings. The standard InChI is InChI=1S/C25H35N3O4/c1-30-22-9-7-8-21(19-22)28-16-14-27(15-17-28)13-6-4-5-12-26-25(29)20-10-11-23(31-2)24(18-20)32-3/h7-11,18-19H,4-6,12-17H2,1-3H3,(H,26,29). The molecule has 7 heteroatoms. The van der Waals surface area contributed by atoms with Crippen LogP contribution in [0.15, 0.2) is 42.5 Å². The topological polar surface area (TPSA) is 63.3 Å². The largest absolute Gasteiger partial charge is 0.497 e. The molecule has 1 aliphatic heterocycles. The summed E-state index contributed by atoms with van der Waals surface area (Å²) in [5.74, 6) is 2.00. The van der Waals surface area contributed by atoms with Crippen LogP contribution in [0.4, 0.5) is 5.69 Å². The molecule has 1 saturated heterocycles. The Labute approximate surface area is 191 Å². The lowest BCUT2D eigenvalue weighted by Crippen LogP contribution is -2.46. The zero-order valence-electron chi connectivity index (χ0n) is 19.4. The van der Waals surface area contributed by atoms with Crippen LogP contribution in [0.3, 0.4) is 0 Å². The maximum absolute atomic E-state index is 12.4. The lowest BCUT2D eigenvalue weighted by molar-refractivity contribution is 0.0952. The van der Waals surface area contributed by atoms with Crippen molar-refractivity contribution in [1.29, 1.82) is 0 Å². The third-order valence-electron chi connectivity index (χ3n) is 5.87. The quantitative estimate of drug-likeness (QED) is 0.539. The van der Waals surface area contributed by atoms with Gasteiger partial charge in [0.05, 0.1) is 21.3 Å². The molecule has 0 bridgehead atoms. The highest BCUT2D eigenvalue weighted by atomic mass is 16.5. The Hall–Kier alpha value is -2.93. The van der Waals surface area contributed by atoms with Crippen molar-refractivity contribution in [2.75, 3.05) is 65.5 Å². The molecule has 0 atom stereocenters. The predicted molar refractivity (Wildman–Crippen MR) is 127 cm³/mol. The Balaban J connectivity index is 1.30. The van der Waals surface area contributed by atoms with Crippen LogP contribution in [0.2, 0.25) is 0 Å². The molecule has 3 rings (SSSR count). The first-order valence-electron chi connectivity index (χ1n) is 11.3. The van der Waals surface area contributed by atoms with Gasteiger partial charge in [-0.3, -0.25) is 9.69 Å². The Morgan fingerprint density at radius 2 is 1.66 bits per heavy atom. The van der Waals surface area contributed by atoms with Crippen LogP contribution in [0.25, 0.3) is 0 Å². The smallest absolute Gasteiger partial charge is 0.251 e. The lowest BCUT2D eigenvalue weighted by Gasteiger charge is -2.36. The van der Waals surface area contributed by atoms with Crippen molar-refractivity contribution in [2.24, 2.45) is 0 Å². The number of benzene rings is 2. The number of carbonyl (C=O) groups is 1. The van der Waals surface area contributed by atoms with Gasteiger partial charge in [0.25, 0.3) is 5.91 Å². The van der Waals surface area contributed by atoms with Crippen molar-refractivity contribution in [1.82, 2.24) is 10.2 Å². The molecule has 7 nitrogen and oxygen atoms in total. The minimum atomic E-state index is -0.0837. The number of rotatable bonds is 11. The molecule has 2 aromatic carbocycles. The summed E-state index contributed by atoms with van der Waals surface area (Å²) in [7, 11) is 4.86. The van der Waals surface area contributed by atoms with E-state index in [0.717, 1.165) is 57.7 Å². The van der Waals surface area contributed by atoms with Gasteiger partial charge in [-0.05, 0) is 49.7 Å². The highest BCUT2D eigenvalue weighted by Gasteiger charge is 2.17. The normalized spacial score (nSPS) is 14.2. The van der Waals surface area contributed by atoms with E-state index in [0.29, 0.717) is 23.6 Å². The molecule has 0 unspecified atom stereocenters. The summed E-state index contributed by atoms with van der Waals surface area (Å²) < 4.78 is 15.8. The predicted octanol–water partition coefficient (Wildman–Crippen LogP) is 3.43. The van der Waals surface area contributed by atoms with E-state index in [9.17, 15) is 4.79 Å². The van der Waals surface area contributed by atoms with Crippen LogP contribution >= 0.6 is 0 Å². The molecule has 0 aliphatic carbocycles. The average molecular weight is 442 g/mol. The van der Waals surface area contributed by atoms with Gasteiger partial charge >= 0.3 is 0 Å². The third-order valence-corrected chi connectivity index (χ3v) is 5.87. The van der Waals surface area contributed by atoms with Crippen LogP contribution < -0.4 is 24.4 Å². The van der Waals surface area contributed by atoms with Gasteiger partial charge < -0.3 is 24.4 Å². The van der Waals surface area contributed by atoms with E-state index in [1.165, 1.54) is 5.69 Å². The fourth-order valence-electron chi connectivity index (χ4n) is 3.96. The molecule has 1 heterocycles. The highest BCUT2D eigenvalue weighted by Crippen LogP contribution is 2.27. The first kappa shape index (κ1) is 23.7. The van der Waals surface area contributed by atoms with Crippen LogP contribution in [0.1, 0.15) is 29.6 Å². The molecule has 1 amide bonds. The number of nitrogens with one attached hydrogen (secondary N) is 1. The molecular formula is C25H35N3O4. The first-order chi connectivity index (χ1) is 15.6. The summed E-state index contributed by atoms with van der Waals surface area (Å²) in [5, 5.41) is 2.99. The molecule has 32 heavy (non-hydrogen) atoms. The second kappa shape index (κ2) is 12.2. The number of nitrogens with zero attached hydrogens (tertiary/aromatic N) is 2. The van der Waals surface area contributed by atoms with Crippen molar-refractivity contribution in [3.05, 3.63) is 48.0 Å². The summed E-state index contributed by atoms with van der Waals surface area (Å²) in [6.07, 6.45) is 3.22. The van der Waals surface area contributed by atoms with E-state index >= 15 is 0 Å². The molecule has 1 aliphatic rings. The van der Waals surface area contributed by atoms with Gasteiger partial charge in [-0.1, -0.05) is 12.5 Å². The van der Waals surface area contributed by atoms with Crippen molar-refractivity contribution in [3.8, 4) is 17.2 Å². The molecule has 1 N–H and O–H groups in total. The van der Waals surface area contributed by atoms with Crippen LogP contribution in [-0.4, -0.2) is 71.4 Å². The van der Waals surface area contributed by atoms with Crippen molar-refractivity contribution >= 4 is 11.6 Å². The van der Waals surface area contributed by atoms with E-state index in [4.69, 9.17) is 14.2 Å². The molecule has 0 aromatic heterocycles. The molecule has 174 valence electrons. The number of piperazine rings is 1. The lowest BCUT2D eigenvalue weighted by atomic mass is 10.1. The van der Waals surface area contributed by atoms with Gasteiger partial charge in [-0.2, -0.15) is 0 Å². The molecular weight excluding hydrogens is 406 g/mol. The van der Waals surface area contributed by atoms with Crippen LogP contribution in [0, 0.1) is 0 Å². The van der Waals surface area contributed by atoms with Crippen LogP contribution in [0.5, 0.6) is 17.2 Å². The number of anilines is 1. The maximum Gasteiger partial charge on any atom is 0.251 e. The minimum Gasteiger partial charge on any atom is -0.497 e. The maximum atomic E-state index is 12.4. The van der Waals surface area contributed by atoms with E-state index in [1.807, 2.05) is 12.1 Å². The molecule has 0 saturated carbocycles. The van der Waals surface area contributed by atoms with Gasteiger partial charge in [0.2, 0.25) is 0 Å². The number of ether oxygens (including phenoxy) is 3. The number of hydrogen-bond donors (Lipinski definition) is 1. The second-order valence-electron chi connectivity index (χ2n) is 7.92. The van der Waals surface area contributed by atoms with Crippen molar-refractivity contribution in [2.45, 2.75) is 19.3 Å². The van der Waals surface area contributed by atoms with Crippen molar-refractivity contribution < 1.29 is 19.0 Å². The van der Waals surface area contributed by atoms with E-state index in [-0.39, 0.29) is 5.91 Å². The van der Waals surface area contributed by atoms with Gasteiger partial charge in [-0.15, -0.1) is 0 Å². The zero-order valence-corrected chi connectivity index (χ0v) is 19.4. The van der Waals surface area contributed by atoms with Gasteiger partial charge in [0.15, 0.2) is 11.5 Å². The van der Waals surface area contributed by atoms with Gasteiger partial charge in [-0.25, -0.2) is 0 Å². The van der Waals surface area contributed by atoms with E-state index in [1.54, 1.807) is 39.5 Å². The average Bonchev–Trinajstić information content (AvgIpc) is 2.85. The van der Waals surface area contributed by atoms with Gasteiger partial charge in [0, 0.05) is 50.0 Å². The number of amides is 1. The summed E-state index contributed by atoms with van der Waals surface area (Å²) in [4.78, 5) is 17.3. The number of unbranched alkanes of at least 4 members (excludes halogenated alkanes) is 2. The number of methoxy groups -OCH3 is 3. The summed E-state index contributed by atoms with van der Waals surface area (Å²) >= 11 is 0. The second-order valence-corrected chi connectivity index (χ2v) is 7.92. The Kier molecular flexibility index (Phi) is 9.04. The summed E-state index contributed by atoms with van der Waals surface area (Å²) in [6.45, 7) is 6.01. The number of hydrogen-bond acceptors (Lipinski definition) is 6. The summed E-state index contributed by atoms with van der Waals surface area (Å²) in [5.41, 5.74) is 1.81. The monoisotopic (exact) mass is 441 g/mol. The first-order valence-corrected chi connectivity index (χ1v) is 11.3. The molecule has 0 spiro atoms. The SMILES string of the molecule is COc1cccc(N2CCN(CCCCCNC(=O)c3ccc(OC)c(OC)c3)CC2)c1. The zero-order chi connectivity index (χ0) is 22.8. The molecule has 1 fully saturated rings. The van der Waals surface area contributed by atoms with Crippen LogP contribution in [-0.2, 0) is 0 Å². The van der Waals surface area contributed by atoms with Crippen molar-refractivity contribution in [3.63, 3.8) is 0 Å². The fraction of sp³-hybridized carbons (Fsp3) is 0.480. The summed E-state index contributed by atoms with van der Waals surface area (Å²) in [6, 6.07) is 13.5. The van der Waals surface area contributed by atoms with Gasteiger partial charge in [0.1, 0.15) is 5.75 Å².